The van der Waals surface area contributed by atoms with E-state index in [0.717, 1.165) is 0 Å². The second-order valence-electron chi connectivity index (χ2n) is 4.29. The summed E-state index contributed by atoms with van der Waals surface area (Å²) in [6, 6.07) is 0. The summed E-state index contributed by atoms with van der Waals surface area (Å²) in [5.41, 5.74) is -1.12. The highest BCUT2D eigenvalue weighted by atomic mass is 16.4. The number of carboxylic acids is 2. The summed E-state index contributed by atoms with van der Waals surface area (Å²) < 4.78 is 0. The van der Waals surface area contributed by atoms with Gasteiger partial charge in [0.2, 0.25) is 0 Å². The van der Waals surface area contributed by atoms with Crippen LogP contribution in [0.1, 0.15) is 13.3 Å². The molecule has 2 rings (SSSR count). The Balaban J connectivity index is 2.45. The van der Waals surface area contributed by atoms with E-state index in [-0.39, 0.29) is 11.8 Å². The molecule has 2 N–H and O–H groups in total. The first-order valence-corrected chi connectivity index (χ1v) is 4.62. The van der Waals surface area contributed by atoms with Gasteiger partial charge in [-0.2, -0.15) is 0 Å². The van der Waals surface area contributed by atoms with Crippen LogP contribution in [0.3, 0.4) is 0 Å². The van der Waals surface area contributed by atoms with E-state index in [4.69, 9.17) is 10.2 Å². The highest BCUT2D eigenvalue weighted by Gasteiger charge is 2.60. The van der Waals surface area contributed by atoms with Crippen LogP contribution in [0, 0.1) is 23.2 Å². The minimum atomic E-state index is -1.12. The highest BCUT2D eigenvalue weighted by Crippen LogP contribution is 2.56. The van der Waals surface area contributed by atoms with Crippen molar-refractivity contribution in [2.24, 2.45) is 23.2 Å². The number of rotatable bonds is 2. The Labute approximate surface area is 81.2 Å². The number of fused-ring (bicyclic) bond motifs is 2. The van der Waals surface area contributed by atoms with Gasteiger partial charge in [0.15, 0.2) is 0 Å². The fourth-order valence-corrected chi connectivity index (χ4v) is 2.83. The van der Waals surface area contributed by atoms with Crippen molar-refractivity contribution < 1.29 is 19.8 Å². The summed E-state index contributed by atoms with van der Waals surface area (Å²) in [4.78, 5) is 22.1. The van der Waals surface area contributed by atoms with Gasteiger partial charge in [-0.25, -0.2) is 0 Å². The SMILES string of the molecule is C[C@]1(C(=O)O)[C@@H]2C=C[C@@H](C2)[C@@H]1C(=O)O. The molecule has 2 aliphatic carbocycles. The lowest BCUT2D eigenvalue weighted by atomic mass is 9.70. The third-order valence-corrected chi connectivity index (χ3v) is 3.69. The molecule has 0 aromatic heterocycles. The Bertz CT molecular complexity index is 333. The maximum Gasteiger partial charge on any atom is 0.310 e. The van der Waals surface area contributed by atoms with Gasteiger partial charge in [0.1, 0.15) is 0 Å². The van der Waals surface area contributed by atoms with E-state index in [2.05, 4.69) is 0 Å². The van der Waals surface area contributed by atoms with Crippen LogP contribution in [-0.4, -0.2) is 22.2 Å². The molecule has 4 heteroatoms. The molecule has 4 nitrogen and oxygen atoms in total. The average Bonchev–Trinajstić information content (AvgIpc) is 2.61. The molecule has 14 heavy (non-hydrogen) atoms. The topological polar surface area (TPSA) is 74.6 Å². The zero-order valence-electron chi connectivity index (χ0n) is 7.80. The van der Waals surface area contributed by atoms with E-state index in [1.807, 2.05) is 12.2 Å². The maximum absolute atomic E-state index is 11.1. The molecule has 1 fully saturated rings. The number of carbonyl (C=O) groups is 2. The Morgan fingerprint density at radius 1 is 1.36 bits per heavy atom. The molecule has 76 valence electrons. The molecule has 2 bridgehead atoms. The number of allylic oxidation sites excluding steroid dienone is 2. The molecule has 0 aromatic rings. The van der Waals surface area contributed by atoms with Crippen LogP contribution in [0.15, 0.2) is 12.2 Å². The normalized spacial score (nSPS) is 44.2. The Hall–Kier alpha value is -1.32. The predicted octanol–water partition coefficient (Wildman–Crippen LogP) is 0.984. The summed E-state index contributed by atoms with van der Waals surface area (Å²) in [7, 11) is 0. The molecule has 0 aliphatic heterocycles. The molecule has 2 aliphatic rings. The van der Waals surface area contributed by atoms with Gasteiger partial charge in [0.25, 0.3) is 0 Å². The van der Waals surface area contributed by atoms with E-state index in [1.54, 1.807) is 6.92 Å². The van der Waals surface area contributed by atoms with Crippen molar-refractivity contribution in [1.82, 2.24) is 0 Å². The third kappa shape index (κ3) is 0.882. The lowest BCUT2D eigenvalue weighted by Crippen LogP contribution is -2.43. The van der Waals surface area contributed by atoms with Gasteiger partial charge in [0.05, 0.1) is 11.3 Å². The lowest BCUT2D eigenvalue weighted by molar-refractivity contribution is -0.162. The van der Waals surface area contributed by atoms with Crippen LogP contribution in [0.5, 0.6) is 0 Å². The second-order valence-corrected chi connectivity index (χ2v) is 4.29. The molecule has 0 saturated heterocycles. The van der Waals surface area contributed by atoms with Gasteiger partial charge < -0.3 is 10.2 Å². The molecule has 1 saturated carbocycles. The van der Waals surface area contributed by atoms with Crippen LogP contribution in [0.2, 0.25) is 0 Å². The monoisotopic (exact) mass is 196 g/mol. The number of carboxylic acid groups (broad SMARTS) is 2. The largest absolute Gasteiger partial charge is 0.481 e. The van der Waals surface area contributed by atoms with E-state index < -0.39 is 23.3 Å². The van der Waals surface area contributed by atoms with E-state index in [0.29, 0.717) is 6.42 Å². The van der Waals surface area contributed by atoms with Gasteiger partial charge in [-0.1, -0.05) is 12.2 Å². The van der Waals surface area contributed by atoms with E-state index in [1.165, 1.54) is 0 Å². The lowest BCUT2D eigenvalue weighted by Gasteiger charge is -2.31. The summed E-state index contributed by atoms with van der Waals surface area (Å²) in [6.45, 7) is 1.54. The molecular formula is C10H12O4. The van der Waals surface area contributed by atoms with Gasteiger partial charge in [-0.05, 0) is 25.2 Å². The zero-order valence-corrected chi connectivity index (χ0v) is 7.80. The van der Waals surface area contributed by atoms with Gasteiger partial charge in [0, 0.05) is 0 Å². The maximum atomic E-state index is 11.1. The number of aliphatic carboxylic acids is 2. The fourth-order valence-electron chi connectivity index (χ4n) is 2.83. The average molecular weight is 196 g/mol. The molecule has 0 amide bonds. The van der Waals surface area contributed by atoms with E-state index >= 15 is 0 Å². The molecule has 0 radical (unpaired) electrons. The van der Waals surface area contributed by atoms with E-state index in [9.17, 15) is 9.59 Å². The van der Waals surface area contributed by atoms with Crippen molar-refractivity contribution in [2.75, 3.05) is 0 Å². The van der Waals surface area contributed by atoms with Gasteiger partial charge in [-0.3, -0.25) is 9.59 Å². The predicted molar refractivity (Wildman–Crippen MR) is 47.6 cm³/mol. The first-order chi connectivity index (χ1) is 6.48. The van der Waals surface area contributed by atoms with Crippen molar-refractivity contribution in [3.63, 3.8) is 0 Å². The first kappa shape index (κ1) is 9.24. The molecular weight excluding hydrogens is 184 g/mol. The molecule has 0 aromatic carbocycles. The zero-order chi connectivity index (χ0) is 10.5. The Morgan fingerprint density at radius 3 is 2.43 bits per heavy atom. The Kier molecular flexibility index (Phi) is 1.71. The minimum Gasteiger partial charge on any atom is -0.481 e. The van der Waals surface area contributed by atoms with Crippen LogP contribution < -0.4 is 0 Å². The summed E-state index contributed by atoms with van der Waals surface area (Å²) in [5, 5.41) is 18.1. The second kappa shape index (κ2) is 2.59. The van der Waals surface area contributed by atoms with Crippen LogP contribution >= 0.6 is 0 Å². The number of hydrogen-bond acceptors (Lipinski definition) is 2. The fraction of sp³-hybridized carbons (Fsp3) is 0.600. The summed E-state index contributed by atoms with van der Waals surface area (Å²) in [6.07, 6.45) is 4.35. The van der Waals surface area contributed by atoms with Crippen molar-refractivity contribution in [2.45, 2.75) is 13.3 Å². The van der Waals surface area contributed by atoms with Crippen LogP contribution in [-0.2, 0) is 9.59 Å². The highest BCUT2D eigenvalue weighted by molar-refractivity contribution is 5.85. The Morgan fingerprint density at radius 2 is 2.00 bits per heavy atom. The quantitative estimate of drug-likeness (QED) is 0.646. The summed E-state index contributed by atoms with van der Waals surface area (Å²) >= 11 is 0. The smallest absolute Gasteiger partial charge is 0.310 e. The molecule has 4 atom stereocenters. The van der Waals surface area contributed by atoms with Gasteiger partial charge in [-0.15, -0.1) is 0 Å². The minimum absolute atomic E-state index is 0.0985. The van der Waals surface area contributed by atoms with Crippen molar-refractivity contribution >= 4 is 11.9 Å². The van der Waals surface area contributed by atoms with Crippen molar-refractivity contribution in [1.29, 1.82) is 0 Å². The third-order valence-electron chi connectivity index (χ3n) is 3.69. The number of hydrogen-bond donors (Lipinski definition) is 2. The standard InChI is InChI=1S/C10H12O4/c1-10(9(13)14)6-3-2-5(4-6)7(10)8(11)12/h2-3,5-7H,4H2,1H3,(H,11,12)(H,13,14)/t5-,6+,7+,10-/m0/s1. The van der Waals surface area contributed by atoms with Gasteiger partial charge >= 0.3 is 11.9 Å². The molecule has 0 spiro atoms. The molecule has 0 heterocycles. The molecule has 0 unspecified atom stereocenters. The van der Waals surface area contributed by atoms with Crippen molar-refractivity contribution in [3.8, 4) is 0 Å². The van der Waals surface area contributed by atoms with Crippen molar-refractivity contribution in [3.05, 3.63) is 12.2 Å². The van der Waals surface area contributed by atoms with Crippen LogP contribution in [0.25, 0.3) is 0 Å². The summed E-state index contributed by atoms with van der Waals surface area (Å²) in [5.74, 6) is -2.98. The van der Waals surface area contributed by atoms with Crippen LogP contribution in [0.4, 0.5) is 0 Å². The first-order valence-electron chi connectivity index (χ1n) is 4.62.